The second kappa shape index (κ2) is 8.75. The van der Waals surface area contributed by atoms with Crippen molar-refractivity contribution >= 4 is 17.2 Å². The number of piperazine rings is 1. The Hall–Kier alpha value is -1.83. The number of hydrogen-bond acceptors (Lipinski definition) is 6. The number of aliphatic hydroxyl groups excluding tert-OH is 1. The summed E-state index contributed by atoms with van der Waals surface area (Å²) in [6, 6.07) is 4.01. The number of aromatic nitrogens is 2. The van der Waals surface area contributed by atoms with E-state index in [1.54, 1.807) is 17.5 Å². The Labute approximate surface area is 201 Å². The number of nitrogens with zero attached hydrogens (tertiary/aromatic N) is 4. The highest BCUT2D eigenvalue weighted by Gasteiger charge is 2.54. The van der Waals surface area contributed by atoms with Crippen LogP contribution in [0.4, 0.5) is 0 Å². The topological polar surface area (TPSA) is 69.6 Å². The number of pyridine rings is 1. The number of amides is 1. The molecule has 2 fully saturated rings. The van der Waals surface area contributed by atoms with Crippen LogP contribution < -0.4 is 0 Å². The minimum atomic E-state index is -0.484. The normalized spacial score (nSPS) is 33.3. The van der Waals surface area contributed by atoms with Crippen molar-refractivity contribution < 1.29 is 9.90 Å². The van der Waals surface area contributed by atoms with Gasteiger partial charge in [-0.2, -0.15) is 0 Å². The van der Waals surface area contributed by atoms with Gasteiger partial charge in [-0.15, -0.1) is 11.3 Å². The van der Waals surface area contributed by atoms with E-state index in [9.17, 15) is 9.90 Å². The summed E-state index contributed by atoms with van der Waals surface area (Å²) in [7, 11) is 2.11. The number of carbonyl (C=O) groups excluding carboxylic acids is 1. The van der Waals surface area contributed by atoms with Gasteiger partial charge in [-0.1, -0.05) is 20.8 Å². The van der Waals surface area contributed by atoms with Gasteiger partial charge < -0.3 is 14.9 Å². The zero-order valence-corrected chi connectivity index (χ0v) is 21.0. The first-order chi connectivity index (χ1) is 15.8. The van der Waals surface area contributed by atoms with Gasteiger partial charge in [0.05, 0.1) is 11.8 Å². The van der Waals surface area contributed by atoms with E-state index in [-0.39, 0.29) is 35.0 Å². The molecule has 0 radical (unpaired) electrons. The highest BCUT2D eigenvalue weighted by atomic mass is 32.1. The van der Waals surface area contributed by atoms with Crippen LogP contribution in [-0.4, -0.2) is 70.1 Å². The lowest BCUT2D eigenvalue weighted by Gasteiger charge is -2.53. The number of likely N-dealkylation sites (N-methyl/N-ethyl adjacent to an activating group) is 1. The van der Waals surface area contributed by atoms with Gasteiger partial charge in [0.25, 0.3) is 0 Å². The molecule has 7 heteroatoms. The third-order valence-electron chi connectivity index (χ3n) is 8.68. The van der Waals surface area contributed by atoms with Crippen LogP contribution in [-0.2, 0) is 11.2 Å². The smallest absolute Gasteiger partial charge is 0.225 e. The second-order valence-corrected chi connectivity index (χ2v) is 11.9. The maximum absolute atomic E-state index is 13.3. The van der Waals surface area contributed by atoms with Gasteiger partial charge >= 0.3 is 0 Å². The molecule has 33 heavy (non-hydrogen) atoms. The van der Waals surface area contributed by atoms with Crippen molar-refractivity contribution in [3.05, 3.63) is 35.1 Å². The molecule has 2 aromatic heterocycles. The molecule has 178 valence electrons. The SMILES string of the molecule is CC(C(=O)N1CCN(C)CC1)C1CCC2(C)Cc3sc(-c4cccnc4)nc3C(C)C2C1O. The number of fused-ring (bicyclic) bond motifs is 2. The number of hydrogen-bond donors (Lipinski definition) is 1. The molecule has 6 nitrogen and oxygen atoms in total. The fourth-order valence-electron chi connectivity index (χ4n) is 6.66. The lowest BCUT2D eigenvalue weighted by atomic mass is 9.53. The highest BCUT2D eigenvalue weighted by molar-refractivity contribution is 7.15. The Balaban J connectivity index is 1.38. The molecule has 0 bridgehead atoms. The molecule has 1 aliphatic heterocycles. The van der Waals surface area contributed by atoms with Gasteiger partial charge in [0.15, 0.2) is 0 Å². The second-order valence-electron chi connectivity index (χ2n) is 10.8. The van der Waals surface area contributed by atoms with Gasteiger partial charge in [-0.25, -0.2) is 4.98 Å². The van der Waals surface area contributed by atoms with Gasteiger partial charge in [-0.05, 0) is 55.7 Å². The lowest BCUT2D eigenvalue weighted by Crippen LogP contribution is -2.55. The molecule has 0 aromatic carbocycles. The summed E-state index contributed by atoms with van der Waals surface area (Å²) >= 11 is 1.78. The van der Waals surface area contributed by atoms with E-state index in [1.165, 1.54) is 4.88 Å². The number of aliphatic hydroxyl groups is 1. The summed E-state index contributed by atoms with van der Waals surface area (Å²) in [4.78, 5) is 28.2. The van der Waals surface area contributed by atoms with Gasteiger partial charge in [0, 0.05) is 60.8 Å². The van der Waals surface area contributed by atoms with Crippen molar-refractivity contribution in [3.8, 4) is 10.6 Å². The van der Waals surface area contributed by atoms with E-state index >= 15 is 0 Å². The fraction of sp³-hybridized carbons (Fsp3) is 0.654. The maximum atomic E-state index is 13.3. The van der Waals surface area contributed by atoms with E-state index in [1.807, 2.05) is 24.1 Å². The van der Waals surface area contributed by atoms with E-state index in [0.29, 0.717) is 0 Å². The van der Waals surface area contributed by atoms with E-state index in [2.05, 4.69) is 36.8 Å². The van der Waals surface area contributed by atoms with Crippen molar-refractivity contribution in [3.63, 3.8) is 0 Å². The zero-order chi connectivity index (χ0) is 23.3. The Morgan fingerprint density at radius 2 is 2.06 bits per heavy atom. The number of thiazole rings is 1. The Morgan fingerprint density at radius 3 is 2.76 bits per heavy atom. The van der Waals surface area contributed by atoms with Crippen LogP contribution >= 0.6 is 11.3 Å². The summed E-state index contributed by atoms with van der Waals surface area (Å²) in [6.45, 7) is 10.0. The van der Waals surface area contributed by atoms with Crippen molar-refractivity contribution in [2.24, 2.45) is 23.2 Å². The number of rotatable bonds is 3. The Morgan fingerprint density at radius 1 is 1.30 bits per heavy atom. The molecule has 6 atom stereocenters. The van der Waals surface area contributed by atoms with Crippen molar-refractivity contribution in [2.45, 2.75) is 52.1 Å². The van der Waals surface area contributed by atoms with Crippen molar-refractivity contribution in [1.29, 1.82) is 0 Å². The standard InChI is InChI=1S/C26H36N4O2S/c1-16(25(32)30-12-10-29(4)11-13-30)19-7-8-26(3)14-20-22(17(2)21(26)23(19)31)28-24(33-20)18-6-5-9-27-15-18/h5-6,9,15-17,19,21,23,31H,7-8,10-14H2,1-4H3. The van der Waals surface area contributed by atoms with Crippen molar-refractivity contribution in [1.82, 2.24) is 19.8 Å². The van der Waals surface area contributed by atoms with Crippen LogP contribution in [0, 0.1) is 23.2 Å². The van der Waals surface area contributed by atoms with Gasteiger partial charge in [0.1, 0.15) is 5.01 Å². The summed E-state index contributed by atoms with van der Waals surface area (Å²) in [6.07, 6.45) is 6.09. The molecule has 1 saturated carbocycles. The molecule has 5 rings (SSSR count). The van der Waals surface area contributed by atoms with E-state index in [0.717, 1.165) is 61.7 Å². The summed E-state index contributed by atoms with van der Waals surface area (Å²) in [5, 5.41) is 12.7. The lowest BCUT2D eigenvalue weighted by molar-refractivity contribution is -0.146. The third kappa shape index (κ3) is 4.02. The summed E-state index contributed by atoms with van der Waals surface area (Å²) < 4.78 is 0. The quantitative estimate of drug-likeness (QED) is 0.744. The van der Waals surface area contributed by atoms with Crippen LogP contribution in [0.2, 0.25) is 0 Å². The van der Waals surface area contributed by atoms with Crippen LogP contribution in [0.25, 0.3) is 10.6 Å². The summed E-state index contributed by atoms with van der Waals surface area (Å²) in [5.74, 6) is 0.366. The van der Waals surface area contributed by atoms with Gasteiger partial charge in [-0.3, -0.25) is 9.78 Å². The van der Waals surface area contributed by atoms with Crippen LogP contribution in [0.1, 0.15) is 50.1 Å². The fourth-order valence-corrected chi connectivity index (χ4v) is 8.01. The average Bonchev–Trinajstić information content (AvgIpc) is 3.23. The van der Waals surface area contributed by atoms with Crippen LogP contribution in [0.15, 0.2) is 24.5 Å². The van der Waals surface area contributed by atoms with Crippen LogP contribution in [0.3, 0.4) is 0 Å². The minimum absolute atomic E-state index is 0.00987. The molecule has 1 N–H and O–H groups in total. The first-order valence-electron chi connectivity index (χ1n) is 12.3. The molecule has 6 unspecified atom stereocenters. The first kappa shape index (κ1) is 22.9. The van der Waals surface area contributed by atoms with Crippen LogP contribution in [0.5, 0.6) is 0 Å². The minimum Gasteiger partial charge on any atom is -0.392 e. The van der Waals surface area contributed by atoms with E-state index < -0.39 is 6.10 Å². The summed E-state index contributed by atoms with van der Waals surface area (Å²) in [5.41, 5.74) is 2.23. The monoisotopic (exact) mass is 468 g/mol. The average molecular weight is 469 g/mol. The molecule has 3 aliphatic rings. The molecule has 0 spiro atoms. The predicted molar refractivity (Wildman–Crippen MR) is 131 cm³/mol. The molecular weight excluding hydrogens is 432 g/mol. The predicted octanol–water partition coefficient (Wildman–Crippen LogP) is 3.67. The van der Waals surface area contributed by atoms with Gasteiger partial charge in [0.2, 0.25) is 5.91 Å². The molecule has 1 saturated heterocycles. The largest absolute Gasteiger partial charge is 0.392 e. The molecule has 1 amide bonds. The molecule has 2 aliphatic carbocycles. The first-order valence-corrected chi connectivity index (χ1v) is 13.2. The Kier molecular flexibility index (Phi) is 6.08. The third-order valence-corrected chi connectivity index (χ3v) is 9.80. The van der Waals surface area contributed by atoms with E-state index in [4.69, 9.17) is 4.98 Å². The Bertz CT molecular complexity index is 1000. The van der Waals surface area contributed by atoms with Crippen molar-refractivity contribution in [2.75, 3.05) is 33.2 Å². The maximum Gasteiger partial charge on any atom is 0.225 e. The number of carbonyl (C=O) groups is 1. The molecule has 3 heterocycles. The molecule has 2 aromatic rings. The zero-order valence-electron chi connectivity index (χ0n) is 20.2. The molecular formula is C26H36N4O2S. The highest BCUT2D eigenvalue weighted by Crippen LogP contribution is 2.57.